The number of rotatable bonds is 2. The van der Waals surface area contributed by atoms with Crippen LogP contribution in [0.15, 0.2) is 36.4 Å². The summed E-state index contributed by atoms with van der Waals surface area (Å²) in [6.07, 6.45) is 0.700. The minimum Gasteiger partial charge on any atom is -0.489 e. The van der Waals surface area contributed by atoms with Crippen molar-refractivity contribution in [1.82, 2.24) is 10.9 Å². The van der Waals surface area contributed by atoms with Crippen LogP contribution in [0.3, 0.4) is 0 Å². The molecule has 2 N–H and O–H groups in total. The van der Waals surface area contributed by atoms with E-state index in [0.717, 1.165) is 6.07 Å². The molecule has 0 bridgehead atoms. The highest BCUT2D eigenvalue weighted by atomic mass is 35.5. The van der Waals surface area contributed by atoms with Crippen molar-refractivity contribution in [3.05, 3.63) is 58.4 Å². The second kappa shape index (κ2) is 7.40. The lowest BCUT2D eigenvalue weighted by molar-refractivity contribution is 0.0844. The predicted molar refractivity (Wildman–Crippen MR) is 88.4 cm³/mol. The van der Waals surface area contributed by atoms with Gasteiger partial charge in [0.1, 0.15) is 5.82 Å². The highest BCUT2D eigenvalue weighted by Gasteiger charge is 2.19. The fraction of sp³-hybridized carbons (Fsp3) is 0.176. The summed E-state index contributed by atoms with van der Waals surface area (Å²) in [5.74, 6) is -1.34. The lowest BCUT2D eigenvalue weighted by atomic mass is 10.2. The second-order valence-corrected chi connectivity index (χ2v) is 5.63. The SMILES string of the molecule is O=C(NNC(=O)c1ccccc1F)c1cc(Cl)c2c(c1)OCCCO2. The molecule has 8 heteroatoms. The molecule has 1 aliphatic rings. The molecule has 0 atom stereocenters. The third-order valence-corrected chi connectivity index (χ3v) is 3.75. The van der Waals surface area contributed by atoms with E-state index in [-0.39, 0.29) is 16.1 Å². The first kappa shape index (κ1) is 17.0. The van der Waals surface area contributed by atoms with Crippen LogP contribution in [0.4, 0.5) is 4.39 Å². The molecule has 0 radical (unpaired) electrons. The van der Waals surface area contributed by atoms with Crippen LogP contribution in [0, 0.1) is 5.82 Å². The topological polar surface area (TPSA) is 76.7 Å². The molecule has 2 aromatic rings. The fourth-order valence-electron chi connectivity index (χ4n) is 2.26. The molecule has 0 unspecified atom stereocenters. The van der Waals surface area contributed by atoms with E-state index >= 15 is 0 Å². The van der Waals surface area contributed by atoms with Gasteiger partial charge in [-0.3, -0.25) is 20.4 Å². The van der Waals surface area contributed by atoms with Crippen molar-refractivity contribution in [2.75, 3.05) is 13.2 Å². The molecule has 0 aliphatic carbocycles. The smallest absolute Gasteiger partial charge is 0.272 e. The maximum absolute atomic E-state index is 13.5. The van der Waals surface area contributed by atoms with Crippen LogP contribution >= 0.6 is 11.6 Å². The third kappa shape index (κ3) is 3.83. The summed E-state index contributed by atoms with van der Waals surface area (Å²) >= 11 is 6.12. The number of carbonyl (C=O) groups excluding carboxylic acids is 2. The van der Waals surface area contributed by atoms with Gasteiger partial charge in [-0.25, -0.2) is 4.39 Å². The Morgan fingerprint density at radius 2 is 1.76 bits per heavy atom. The summed E-state index contributed by atoms with van der Waals surface area (Å²) in [7, 11) is 0. The Bertz CT molecular complexity index is 828. The Morgan fingerprint density at radius 3 is 2.56 bits per heavy atom. The number of hydrazine groups is 1. The summed E-state index contributed by atoms with van der Waals surface area (Å²) in [5, 5.41) is 0.227. The first-order valence-electron chi connectivity index (χ1n) is 7.50. The summed E-state index contributed by atoms with van der Waals surface area (Å²) in [5.41, 5.74) is 4.36. The van der Waals surface area contributed by atoms with Crippen LogP contribution < -0.4 is 20.3 Å². The van der Waals surface area contributed by atoms with E-state index in [1.807, 2.05) is 0 Å². The first-order valence-corrected chi connectivity index (χ1v) is 7.88. The normalized spacial score (nSPS) is 12.9. The minimum atomic E-state index is -0.771. The fourth-order valence-corrected chi connectivity index (χ4v) is 2.53. The third-order valence-electron chi connectivity index (χ3n) is 3.47. The molecular weight excluding hydrogens is 351 g/mol. The Balaban J connectivity index is 1.71. The summed E-state index contributed by atoms with van der Waals surface area (Å²) in [6, 6.07) is 8.31. The lowest BCUT2D eigenvalue weighted by Gasteiger charge is -2.12. The molecule has 0 saturated carbocycles. The van der Waals surface area contributed by atoms with Gasteiger partial charge in [-0.15, -0.1) is 0 Å². The zero-order chi connectivity index (χ0) is 17.8. The maximum atomic E-state index is 13.5. The first-order chi connectivity index (χ1) is 12.1. The molecule has 0 aromatic heterocycles. The zero-order valence-corrected chi connectivity index (χ0v) is 13.7. The van der Waals surface area contributed by atoms with E-state index in [0.29, 0.717) is 31.1 Å². The van der Waals surface area contributed by atoms with Crippen molar-refractivity contribution >= 4 is 23.4 Å². The molecule has 0 saturated heterocycles. The van der Waals surface area contributed by atoms with Crippen molar-refractivity contribution in [2.24, 2.45) is 0 Å². The van der Waals surface area contributed by atoms with E-state index in [2.05, 4.69) is 10.9 Å². The van der Waals surface area contributed by atoms with E-state index in [9.17, 15) is 14.0 Å². The van der Waals surface area contributed by atoms with Gasteiger partial charge in [-0.2, -0.15) is 0 Å². The molecular formula is C17H14ClFN2O4. The zero-order valence-electron chi connectivity index (χ0n) is 13.0. The number of ether oxygens (including phenoxy) is 2. The largest absolute Gasteiger partial charge is 0.489 e. The second-order valence-electron chi connectivity index (χ2n) is 5.22. The number of hydrogen-bond acceptors (Lipinski definition) is 4. The molecule has 0 spiro atoms. The van der Waals surface area contributed by atoms with Crippen LogP contribution in [-0.2, 0) is 0 Å². The molecule has 130 valence electrons. The maximum Gasteiger partial charge on any atom is 0.272 e. The molecule has 2 amide bonds. The van der Waals surface area contributed by atoms with Gasteiger partial charge in [0.25, 0.3) is 11.8 Å². The van der Waals surface area contributed by atoms with Crippen molar-refractivity contribution in [3.8, 4) is 11.5 Å². The van der Waals surface area contributed by atoms with Gasteiger partial charge in [0.05, 0.1) is 23.8 Å². The number of hydrogen-bond donors (Lipinski definition) is 2. The lowest BCUT2D eigenvalue weighted by Crippen LogP contribution is -2.41. The van der Waals surface area contributed by atoms with E-state index in [4.69, 9.17) is 21.1 Å². The number of amides is 2. The van der Waals surface area contributed by atoms with E-state index < -0.39 is 17.6 Å². The molecule has 3 rings (SSSR count). The number of benzene rings is 2. The van der Waals surface area contributed by atoms with Gasteiger partial charge >= 0.3 is 0 Å². The highest BCUT2D eigenvalue weighted by Crippen LogP contribution is 2.37. The van der Waals surface area contributed by atoms with Gasteiger partial charge in [0.2, 0.25) is 0 Å². The van der Waals surface area contributed by atoms with Gasteiger partial charge < -0.3 is 9.47 Å². The van der Waals surface area contributed by atoms with Crippen LogP contribution in [0.1, 0.15) is 27.1 Å². The van der Waals surface area contributed by atoms with Crippen molar-refractivity contribution in [1.29, 1.82) is 0 Å². The summed E-state index contributed by atoms with van der Waals surface area (Å²) < 4.78 is 24.5. The van der Waals surface area contributed by atoms with Gasteiger partial charge in [-0.1, -0.05) is 23.7 Å². The molecule has 1 aliphatic heterocycles. The van der Waals surface area contributed by atoms with Gasteiger partial charge in [0.15, 0.2) is 11.5 Å². The molecule has 2 aromatic carbocycles. The van der Waals surface area contributed by atoms with Gasteiger partial charge in [-0.05, 0) is 24.3 Å². The quantitative estimate of drug-likeness (QED) is 0.803. The predicted octanol–water partition coefficient (Wildman–Crippen LogP) is 2.72. The standard InChI is InChI=1S/C17H14ClFN2O4/c18-12-8-10(9-14-15(12)25-7-3-6-24-14)16(22)20-21-17(23)11-4-1-2-5-13(11)19/h1-2,4-5,8-9H,3,6-7H2,(H,20,22)(H,21,23). The van der Waals surface area contributed by atoms with Crippen LogP contribution in [-0.4, -0.2) is 25.0 Å². The monoisotopic (exact) mass is 364 g/mol. The molecule has 0 fully saturated rings. The number of fused-ring (bicyclic) bond motifs is 1. The van der Waals surface area contributed by atoms with Crippen LogP contribution in [0.5, 0.6) is 11.5 Å². The van der Waals surface area contributed by atoms with Crippen LogP contribution in [0.25, 0.3) is 0 Å². The Kier molecular flexibility index (Phi) is 5.04. The molecule has 1 heterocycles. The molecule has 25 heavy (non-hydrogen) atoms. The summed E-state index contributed by atoms with van der Waals surface area (Å²) in [6.45, 7) is 0.912. The highest BCUT2D eigenvalue weighted by molar-refractivity contribution is 6.32. The van der Waals surface area contributed by atoms with E-state index in [1.54, 1.807) is 0 Å². The van der Waals surface area contributed by atoms with Crippen molar-refractivity contribution in [3.63, 3.8) is 0 Å². The minimum absolute atomic E-state index is 0.170. The number of halogens is 2. The number of nitrogens with one attached hydrogen (secondary N) is 2. The Morgan fingerprint density at radius 1 is 1.04 bits per heavy atom. The van der Waals surface area contributed by atoms with Crippen molar-refractivity contribution < 1.29 is 23.5 Å². The average Bonchev–Trinajstić information content (AvgIpc) is 2.85. The van der Waals surface area contributed by atoms with Gasteiger partial charge in [0, 0.05) is 12.0 Å². The molecule has 6 nitrogen and oxygen atoms in total. The van der Waals surface area contributed by atoms with E-state index in [1.165, 1.54) is 30.3 Å². The Labute approximate surface area is 147 Å². The number of carbonyl (C=O) groups is 2. The van der Waals surface area contributed by atoms with Crippen molar-refractivity contribution in [2.45, 2.75) is 6.42 Å². The van der Waals surface area contributed by atoms with Crippen LogP contribution in [0.2, 0.25) is 5.02 Å². The Hall–Kier alpha value is -2.80. The summed E-state index contributed by atoms with van der Waals surface area (Å²) in [4.78, 5) is 24.1. The average molecular weight is 365 g/mol.